The minimum atomic E-state index is -3.89. The van der Waals surface area contributed by atoms with Gasteiger partial charge in [0.1, 0.15) is 5.76 Å². The second-order valence-corrected chi connectivity index (χ2v) is 7.53. The number of nitrogens with one attached hydrogen (secondary N) is 1. The van der Waals surface area contributed by atoms with E-state index in [9.17, 15) is 18.0 Å². The molecule has 6 nitrogen and oxygen atoms in total. The maximum Gasteiger partial charge on any atom is 0.344 e. The predicted molar refractivity (Wildman–Crippen MR) is 89.3 cm³/mol. The average Bonchev–Trinajstić information content (AvgIpc) is 2.53. The fourth-order valence-corrected chi connectivity index (χ4v) is 3.80. The number of sulfonamides is 1. The second-order valence-electron chi connectivity index (χ2n) is 5.36. The molecule has 0 amide bonds. The average molecular weight is 372 g/mol. The summed E-state index contributed by atoms with van der Waals surface area (Å²) in [7, 11) is -3.89. The lowest BCUT2D eigenvalue weighted by Crippen LogP contribution is -2.26. The van der Waals surface area contributed by atoms with Crippen molar-refractivity contribution in [1.29, 1.82) is 0 Å². The van der Waals surface area contributed by atoms with E-state index in [0.717, 1.165) is 0 Å². The molecular formula is C16H18ClNO5S. The highest BCUT2D eigenvalue weighted by molar-refractivity contribution is 7.89. The summed E-state index contributed by atoms with van der Waals surface area (Å²) in [6.07, 6.45) is 3.36. The van der Waals surface area contributed by atoms with Gasteiger partial charge in [-0.1, -0.05) is 18.5 Å². The highest BCUT2D eigenvalue weighted by Gasteiger charge is 2.25. The van der Waals surface area contributed by atoms with Crippen LogP contribution in [0.4, 0.5) is 0 Å². The summed E-state index contributed by atoms with van der Waals surface area (Å²) in [6.45, 7) is 2.06. The van der Waals surface area contributed by atoms with Crippen LogP contribution in [0.5, 0.6) is 0 Å². The quantitative estimate of drug-likeness (QED) is 0.776. The van der Waals surface area contributed by atoms with Gasteiger partial charge in [0, 0.05) is 30.5 Å². The molecule has 0 aliphatic heterocycles. The molecule has 0 heterocycles. The number of carbonyl (C=O) groups is 2. The lowest BCUT2D eigenvalue weighted by atomic mass is 10.1. The van der Waals surface area contributed by atoms with Crippen LogP contribution in [-0.2, 0) is 19.6 Å². The van der Waals surface area contributed by atoms with Crippen LogP contribution in [0, 0.1) is 0 Å². The van der Waals surface area contributed by atoms with Crippen LogP contribution in [0.1, 0.15) is 43.0 Å². The van der Waals surface area contributed by atoms with Crippen molar-refractivity contribution in [3.05, 3.63) is 40.6 Å². The van der Waals surface area contributed by atoms with E-state index in [-0.39, 0.29) is 33.6 Å². The van der Waals surface area contributed by atoms with Gasteiger partial charge < -0.3 is 4.74 Å². The van der Waals surface area contributed by atoms with Crippen molar-refractivity contribution < 1.29 is 22.7 Å². The van der Waals surface area contributed by atoms with Crippen molar-refractivity contribution in [1.82, 2.24) is 4.72 Å². The minimum Gasteiger partial charge on any atom is -0.427 e. The first-order valence-corrected chi connectivity index (χ1v) is 9.44. The van der Waals surface area contributed by atoms with Crippen LogP contribution < -0.4 is 4.72 Å². The lowest BCUT2D eigenvalue weighted by molar-refractivity contribution is -0.115. The number of halogens is 1. The standard InChI is InChI=1S/C16H18ClNO5S/c1-2-8-18-24(21,22)15-9-11(17)6-7-14(15)16(20)23-13-5-3-4-12(19)10-13/h6-7,9-10,18H,2-5,8H2,1H3. The van der Waals surface area contributed by atoms with Gasteiger partial charge in [-0.15, -0.1) is 0 Å². The van der Waals surface area contributed by atoms with E-state index in [4.69, 9.17) is 16.3 Å². The number of carbonyl (C=O) groups excluding carboxylic acids is 2. The first-order valence-electron chi connectivity index (χ1n) is 7.58. The van der Waals surface area contributed by atoms with Gasteiger partial charge in [0.2, 0.25) is 10.0 Å². The largest absolute Gasteiger partial charge is 0.427 e. The number of rotatable bonds is 6. The number of hydrogen-bond donors (Lipinski definition) is 1. The molecule has 8 heteroatoms. The number of benzene rings is 1. The Morgan fingerprint density at radius 1 is 1.33 bits per heavy atom. The molecule has 2 rings (SSSR count). The Bertz CT molecular complexity index is 786. The summed E-state index contributed by atoms with van der Waals surface area (Å²) >= 11 is 5.87. The molecule has 0 saturated heterocycles. The maximum atomic E-state index is 12.4. The molecule has 0 aromatic heterocycles. The third-order valence-corrected chi connectivity index (χ3v) is 5.12. The fourth-order valence-electron chi connectivity index (χ4n) is 2.22. The van der Waals surface area contributed by atoms with Crippen LogP contribution in [0.2, 0.25) is 5.02 Å². The molecule has 0 spiro atoms. The number of ketones is 1. The van der Waals surface area contributed by atoms with Crippen LogP contribution in [0.15, 0.2) is 34.9 Å². The third kappa shape index (κ3) is 4.66. The van der Waals surface area contributed by atoms with E-state index < -0.39 is 16.0 Å². The van der Waals surface area contributed by atoms with Gasteiger partial charge in [-0.2, -0.15) is 0 Å². The SMILES string of the molecule is CCCNS(=O)(=O)c1cc(Cl)ccc1C(=O)OC1=CC(=O)CCC1. The molecule has 1 aromatic rings. The summed E-state index contributed by atoms with van der Waals surface area (Å²) in [5, 5.41) is 0.190. The predicted octanol–water partition coefficient (Wildman–Crippen LogP) is 2.82. The van der Waals surface area contributed by atoms with Crippen molar-refractivity contribution >= 4 is 33.4 Å². The molecule has 0 bridgehead atoms. The normalized spacial score (nSPS) is 15.1. The van der Waals surface area contributed by atoms with Crippen LogP contribution in [-0.4, -0.2) is 26.7 Å². The highest BCUT2D eigenvalue weighted by atomic mass is 35.5. The fraction of sp³-hybridized carbons (Fsp3) is 0.375. The molecule has 24 heavy (non-hydrogen) atoms. The number of hydrogen-bond acceptors (Lipinski definition) is 5. The molecule has 0 saturated carbocycles. The van der Waals surface area contributed by atoms with Gasteiger partial charge >= 0.3 is 5.97 Å². The Balaban J connectivity index is 2.33. The van der Waals surface area contributed by atoms with Gasteiger partial charge in [-0.25, -0.2) is 17.9 Å². The van der Waals surface area contributed by atoms with E-state index in [1.807, 2.05) is 6.92 Å². The molecule has 130 valence electrons. The van der Waals surface area contributed by atoms with E-state index in [2.05, 4.69) is 4.72 Å². The summed E-state index contributed by atoms with van der Waals surface area (Å²) in [4.78, 5) is 23.5. The first kappa shape index (κ1) is 18.6. The Labute approximate surface area is 145 Å². The summed E-state index contributed by atoms with van der Waals surface area (Å²) in [5.74, 6) is -0.696. The van der Waals surface area contributed by atoms with E-state index in [0.29, 0.717) is 25.7 Å². The molecule has 0 fully saturated rings. The maximum absolute atomic E-state index is 12.4. The number of ether oxygens (including phenoxy) is 1. The highest BCUT2D eigenvalue weighted by Crippen LogP contribution is 2.24. The topological polar surface area (TPSA) is 89.5 Å². The molecule has 1 N–H and O–H groups in total. The number of allylic oxidation sites excluding steroid dienone is 2. The molecule has 0 unspecified atom stereocenters. The zero-order valence-electron chi connectivity index (χ0n) is 13.2. The smallest absolute Gasteiger partial charge is 0.344 e. The van der Waals surface area contributed by atoms with Crippen LogP contribution >= 0.6 is 11.6 Å². The van der Waals surface area contributed by atoms with Gasteiger partial charge in [0.15, 0.2) is 5.78 Å². The second kappa shape index (κ2) is 7.92. The van der Waals surface area contributed by atoms with Crippen LogP contribution in [0.25, 0.3) is 0 Å². The molecular weight excluding hydrogens is 354 g/mol. The van der Waals surface area contributed by atoms with Crippen molar-refractivity contribution in [2.45, 2.75) is 37.5 Å². The minimum absolute atomic E-state index is 0.113. The molecule has 0 radical (unpaired) electrons. The van der Waals surface area contributed by atoms with Crippen molar-refractivity contribution in [3.63, 3.8) is 0 Å². The summed E-state index contributed by atoms with van der Waals surface area (Å²) in [5.41, 5.74) is -0.123. The van der Waals surface area contributed by atoms with E-state index in [1.54, 1.807) is 0 Å². The van der Waals surface area contributed by atoms with E-state index >= 15 is 0 Å². The Kier molecular flexibility index (Phi) is 6.15. The summed E-state index contributed by atoms with van der Waals surface area (Å²) < 4.78 is 32.3. The zero-order valence-corrected chi connectivity index (χ0v) is 14.7. The van der Waals surface area contributed by atoms with Gasteiger partial charge in [0.05, 0.1) is 10.5 Å². The van der Waals surface area contributed by atoms with Crippen LogP contribution in [0.3, 0.4) is 0 Å². The van der Waals surface area contributed by atoms with Crippen molar-refractivity contribution in [3.8, 4) is 0 Å². The lowest BCUT2D eigenvalue weighted by Gasteiger charge is -2.14. The van der Waals surface area contributed by atoms with Gasteiger partial charge in [-0.3, -0.25) is 4.79 Å². The van der Waals surface area contributed by atoms with Crippen molar-refractivity contribution in [2.75, 3.05) is 6.54 Å². The molecule has 1 aromatic carbocycles. The Morgan fingerprint density at radius 2 is 2.08 bits per heavy atom. The van der Waals surface area contributed by atoms with Crippen molar-refractivity contribution in [2.24, 2.45) is 0 Å². The monoisotopic (exact) mass is 371 g/mol. The molecule has 1 aliphatic rings. The van der Waals surface area contributed by atoms with E-state index in [1.165, 1.54) is 24.3 Å². The number of esters is 1. The Hall–Kier alpha value is -1.70. The van der Waals surface area contributed by atoms with Gasteiger partial charge in [-0.05, 0) is 31.0 Å². The first-order chi connectivity index (χ1) is 11.3. The molecule has 1 aliphatic carbocycles. The molecule has 0 atom stereocenters. The van der Waals surface area contributed by atoms with Gasteiger partial charge in [0.25, 0.3) is 0 Å². The Morgan fingerprint density at radius 3 is 2.75 bits per heavy atom. The summed E-state index contributed by atoms with van der Waals surface area (Å²) in [6, 6.07) is 3.92. The third-order valence-electron chi connectivity index (χ3n) is 3.39. The zero-order chi connectivity index (χ0) is 17.7.